The van der Waals surface area contributed by atoms with E-state index in [9.17, 15) is 10.1 Å². The SMILES string of the molecule is O=[N+]([O-])c1cccnc1-n1nnc2cncnc21. The number of nitro groups is 1. The van der Waals surface area contributed by atoms with Gasteiger partial charge in [-0.1, -0.05) is 5.21 Å². The van der Waals surface area contributed by atoms with Gasteiger partial charge in [0.2, 0.25) is 5.82 Å². The minimum absolute atomic E-state index is 0.0729. The summed E-state index contributed by atoms with van der Waals surface area (Å²) in [6.07, 6.45) is 4.23. The van der Waals surface area contributed by atoms with E-state index in [0.29, 0.717) is 11.2 Å². The second-order valence-corrected chi connectivity index (χ2v) is 3.34. The van der Waals surface area contributed by atoms with Crippen LogP contribution in [0.4, 0.5) is 5.69 Å². The van der Waals surface area contributed by atoms with Gasteiger partial charge in [0.1, 0.15) is 6.33 Å². The molecule has 0 fully saturated rings. The highest BCUT2D eigenvalue weighted by atomic mass is 16.6. The van der Waals surface area contributed by atoms with Crippen molar-refractivity contribution in [2.45, 2.75) is 0 Å². The third kappa shape index (κ3) is 1.45. The zero-order valence-electron chi connectivity index (χ0n) is 8.83. The van der Waals surface area contributed by atoms with Crippen LogP contribution >= 0.6 is 0 Å². The number of pyridine rings is 1. The molecule has 0 bridgehead atoms. The van der Waals surface area contributed by atoms with E-state index in [4.69, 9.17) is 0 Å². The van der Waals surface area contributed by atoms with E-state index in [1.807, 2.05) is 0 Å². The summed E-state index contributed by atoms with van der Waals surface area (Å²) >= 11 is 0. The van der Waals surface area contributed by atoms with Crippen LogP contribution in [0.15, 0.2) is 30.9 Å². The van der Waals surface area contributed by atoms with E-state index in [2.05, 4.69) is 25.3 Å². The van der Waals surface area contributed by atoms with Gasteiger partial charge in [0.25, 0.3) is 0 Å². The van der Waals surface area contributed by atoms with Gasteiger partial charge in [-0.15, -0.1) is 5.10 Å². The van der Waals surface area contributed by atoms with E-state index < -0.39 is 4.92 Å². The summed E-state index contributed by atoms with van der Waals surface area (Å²) in [6.45, 7) is 0. The van der Waals surface area contributed by atoms with Gasteiger partial charge < -0.3 is 0 Å². The smallest absolute Gasteiger partial charge is 0.258 e. The first-order chi connectivity index (χ1) is 8.77. The van der Waals surface area contributed by atoms with Crippen molar-refractivity contribution < 1.29 is 4.92 Å². The monoisotopic (exact) mass is 243 g/mol. The van der Waals surface area contributed by atoms with Gasteiger partial charge in [-0.3, -0.25) is 10.1 Å². The Morgan fingerprint density at radius 2 is 2.22 bits per heavy atom. The standard InChI is InChI=1S/C9H5N7O2/c17-16(18)7-2-1-3-11-9(7)15-8-6(13-14-15)4-10-5-12-8/h1-5H. The molecular weight excluding hydrogens is 238 g/mol. The van der Waals surface area contributed by atoms with Crippen molar-refractivity contribution in [1.82, 2.24) is 29.9 Å². The van der Waals surface area contributed by atoms with E-state index >= 15 is 0 Å². The van der Waals surface area contributed by atoms with Gasteiger partial charge in [-0.25, -0.2) is 15.0 Å². The maximum atomic E-state index is 10.9. The molecule has 0 aromatic carbocycles. The van der Waals surface area contributed by atoms with Gasteiger partial charge >= 0.3 is 5.69 Å². The van der Waals surface area contributed by atoms with Crippen LogP contribution in [-0.2, 0) is 0 Å². The van der Waals surface area contributed by atoms with Crippen LogP contribution in [0.3, 0.4) is 0 Å². The number of fused-ring (bicyclic) bond motifs is 1. The Bertz CT molecular complexity index is 738. The third-order valence-electron chi connectivity index (χ3n) is 2.28. The molecule has 0 saturated heterocycles. The Labute approximate surface area is 99.3 Å². The summed E-state index contributed by atoms with van der Waals surface area (Å²) in [4.78, 5) is 22.1. The predicted molar refractivity (Wildman–Crippen MR) is 58.9 cm³/mol. The molecule has 0 saturated carbocycles. The molecule has 88 valence electrons. The Hall–Kier alpha value is -2.97. The summed E-state index contributed by atoms with van der Waals surface area (Å²) in [5, 5.41) is 18.6. The lowest BCUT2D eigenvalue weighted by molar-refractivity contribution is -0.384. The molecule has 9 heteroatoms. The van der Waals surface area contributed by atoms with Gasteiger partial charge in [0.15, 0.2) is 11.2 Å². The molecule has 0 N–H and O–H groups in total. The van der Waals surface area contributed by atoms with Crippen molar-refractivity contribution in [3.63, 3.8) is 0 Å². The van der Waals surface area contributed by atoms with Crippen molar-refractivity contribution >= 4 is 16.9 Å². The highest BCUT2D eigenvalue weighted by molar-refractivity contribution is 5.70. The van der Waals surface area contributed by atoms with E-state index in [1.165, 1.54) is 35.5 Å². The zero-order valence-corrected chi connectivity index (χ0v) is 8.83. The van der Waals surface area contributed by atoms with Crippen LogP contribution in [0.5, 0.6) is 0 Å². The molecule has 9 nitrogen and oxygen atoms in total. The van der Waals surface area contributed by atoms with Crippen LogP contribution in [-0.4, -0.2) is 34.9 Å². The largest absolute Gasteiger partial charge is 0.313 e. The van der Waals surface area contributed by atoms with Crippen molar-refractivity contribution in [3.05, 3.63) is 41.0 Å². The van der Waals surface area contributed by atoms with E-state index in [0.717, 1.165) is 0 Å². The molecule has 3 aromatic heterocycles. The molecule has 18 heavy (non-hydrogen) atoms. The molecule has 3 aromatic rings. The lowest BCUT2D eigenvalue weighted by Crippen LogP contribution is -2.05. The summed E-state index contributed by atoms with van der Waals surface area (Å²) in [7, 11) is 0. The molecule has 0 atom stereocenters. The summed E-state index contributed by atoms with van der Waals surface area (Å²) in [6, 6.07) is 2.83. The minimum atomic E-state index is -0.531. The van der Waals surface area contributed by atoms with Crippen LogP contribution in [0.25, 0.3) is 17.0 Å². The fourth-order valence-corrected chi connectivity index (χ4v) is 1.52. The van der Waals surface area contributed by atoms with Crippen molar-refractivity contribution in [3.8, 4) is 5.82 Å². The number of hydrogen-bond donors (Lipinski definition) is 0. The second kappa shape index (κ2) is 3.80. The molecule has 3 rings (SSSR count). The molecule has 0 aliphatic carbocycles. The maximum absolute atomic E-state index is 10.9. The summed E-state index contributed by atoms with van der Waals surface area (Å²) in [5.74, 6) is 0.0729. The fourth-order valence-electron chi connectivity index (χ4n) is 1.52. The lowest BCUT2D eigenvalue weighted by atomic mass is 10.4. The second-order valence-electron chi connectivity index (χ2n) is 3.34. The van der Waals surface area contributed by atoms with Crippen LogP contribution in [0, 0.1) is 10.1 Å². The zero-order chi connectivity index (χ0) is 12.5. The normalized spacial score (nSPS) is 10.7. The average Bonchev–Trinajstić information content (AvgIpc) is 2.82. The number of rotatable bonds is 2. The number of nitrogens with zero attached hydrogens (tertiary/aromatic N) is 7. The molecule has 0 amide bonds. The van der Waals surface area contributed by atoms with Gasteiger partial charge in [-0.2, -0.15) is 4.68 Å². The fraction of sp³-hybridized carbons (Fsp3) is 0. The van der Waals surface area contributed by atoms with Gasteiger partial charge in [0, 0.05) is 12.3 Å². The lowest BCUT2D eigenvalue weighted by Gasteiger charge is -2.00. The maximum Gasteiger partial charge on any atom is 0.313 e. The van der Waals surface area contributed by atoms with Crippen molar-refractivity contribution in [1.29, 1.82) is 0 Å². The first-order valence-corrected chi connectivity index (χ1v) is 4.88. The topological polar surface area (TPSA) is 113 Å². The van der Waals surface area contributed by atoms with E-state index in [1.54, 1.807) is 0 Å². The molecule has 3 heterocycles. The molecule has 0 spiro atoms. The Balaban J connectivity index is 2.30. The summed E-state index contributed by atoms with van der Waals surface area (Å²) < 4.78 is 1.22. The molecule has 0 radical (unpaired) electrons. The van der Waals surface area contributed by atoms with Crippen LogP contribution in [0.1, 0.15) is 0 Å². The average molecular weight is 243 g/mol. The summed E-state index contributed by atoms with van der Waals surface area (Å²) in [5.41, 5.74) is 0.646. The number of aromatic nitrogens is 6. The molecule has 0 aliphatic heterocycles. The molecule has 0 aliphatic rings. The first kappa shape index (κ1) is 10.2. The van der Waals surface area contributed by atoms with Gasteiger partial charge in [-0.05, 0) is 6.07 Å². The highest BCUT2D eigenvalue weighted by Crippen LogP contribution is 2.20. The highest BCUT2D eigenvalue weighted by Gasteiger charge is 2.19. The Morgan fingerprint density at radius 3 is 3.06 bits per heavy atom. The first-order valence-electron chi connectivity index (χ1n) is 4.88. The van der Waals surface area contributed by atoms with E-state index in [-0.39, 0.29) is 11.5 Å². The Morgan fingerprint density at radius 1 is 1.33 bits per heavy atom. The molecular formula is C9H5N7O2. The van der Waals surface area contributed by atoms with Crippen LogP contribution < -0.4 is 0 Å². The quantitative estimate of drug-likeness (QED) is 0.476. The Kier molecular flexibility index (Phi) is 2.15. The van der Waals surface area contributed by atoms with Crippen molar-refractivity contribution in [2.75, 3.05) is 0 Å². The van der Waals surface area contributed by atoms with Crippen molar-refractivity contribution in [2.24, 2.45) is 0 Å². The van der Waals surface area contributed by atoms with Crippen LogP contribution in [0.2, 0.25) is 0 Å². The predicted octanol–water partition coefficient (Wildman–Crippen LogP) is 0.514. The minimum Gasteiger partial charge on any atom is -0.258 e. The molecule has 0 unspecified atom stereocenters. The number of hydrogen-bond acceptors (Lipinski definition) is 7. The third-order valence-corrected chi connectivity index (χ3v) is 2.28. The van der Waals surface area contributed by atoms with Gasteiger partial charge in [0.05, 0.1) is 11.1 Å².